The van der Waals surface area contributed by atoms with Gasteiger partial charge in [0.1, 0.15) is 12.6 Å². The molecule has 0 saturated carbocycles. The largest absolute Gasteiger partial charge is 0.366 e. The zero-order valence-corrected chi connectivity index (χ0v) is 11.3. The normalized spacial score (nSPS) is 11.1. The molecule has 1 aromatic carbocycles. The van der Waals surface area contributed by atoms with Crippen LogP contribution in [0.3, 0.4) is 0 Å². The SMILES string of the molecule is O=Cc1cc(C=O)cc(On2pn[pH][nH][pH]2)c1. The van der Waals surface area contributed by atoms with Crippen LogP contribution in [0.4, 0.5) is 0 Å². The van der Waals surface area contributed by atoms with Crippen molar-refractivity contribution < 1.29 is 14.4 Å². The molecule has 2 atom stereocenters. The van der Waals surface area contributed by atoms with Gasteiger partial charge in [-0.25, -0.2) is 0 Å². The van der Waals surface area contributed by atoms with Crippen LogP contribution >= 0.6 is 25.5 Å². The first-order chi connectivity index (χ1) is 8.31. The van der Waals surface area contributed by atoms with E-state index in [1.54, 1.807) is 16.4 Å². The van der Waals surface area contributed by atoms with E-state index in [9.17, 15) is 9.59 Å². The van der Waals surface area contributed by atoms with Gasteiger partial charge in [-0.2, -0.15) is 4.51 Å². The average Bonchev–Trinajstić information content (AvgIpc) is 2.39. The van der Waals surface area contributed by atoms with Crippen LogP contribution in [0.5, 0.6) is 5.75 Å². The Morgan fingerprint density at radius 2 is 2.00 bits per heavy atom. The molecule has 9 heteroatoms. The summed E-state index contributed by atoms with van der Waals surface area (Å²) in [5.41, 5.74) is 0.821. The highest BCUT2D eigenvalue weighted by Crippen LogP contribution is 2.19. The van der Waals surface area contributed by atoms with E-state index in [2.05, 4.69) is 9.02 Å². The summed E-state index contributed by atoms with van der Waals surface area (Å²) in [5.74, 6) is 0.457. The maximum Gasteiger partial charge on any atom is 0.182 e. The van der Waals surface area contributed by atoms with Gasteiger partial charge < -0.3 is 9.35 Å². The number of nitrogens with one attached hydrogen (secondary N) is 1. The molecule has 0 spiro atoms. The molecule has 2 aromatic rings. The Bertz CT molecular complexity index is 526. The Labute approximate surface area is 101 Å². The number of H-pyrrole nitrogens is 1. The van der Waals surface area contributed by atoms with Gasteiger partial charge in [0.15, 0.2) is 14.3 Å². The smallest absolute Gasteiger partial charge is 0.182 e. The van der Waals surface area contributed by atoms with Crippen LogP contribution in [-0.4, -0.2) is 25.8 Å². The third-order valence-corrected chi connectivity index (χ3v) is 4.55. The molecule has 1 N–H and O–H groups in total. The Hall–Kier alpha value is -1.34. The summed E-state index contributed by atoms with van der Waals surface area (Å²) in [4.78, 5) is 26.9. The first kappa shape index (κ1) is 12.1. The minimum absolute atomic E-state index is 0.304. The minimum Gasteiger partial charge on any atom is -0.366 e. The molecule has 6 nitrogen and oxygen atoms in total. The number of carbonyl (C=O) groups excluding carboxylic acids is 2. The van der Waals surface area contributed by atoms with Crippen molar-refractivity contribution in [2.45, 2.75) is 0 Å². The number of rotatable bonds is 4. The number of aromatic nitrogens is 3. The molecule has 17 heavy (non-hydrogen) atoms. The lowest BCUT2D eigenvalue weighted by Crippen LogP contribution is -1.99. The Morgan fingerprint density at radius 1 is 1.29 bits per heavy atom. The maximum atomic E-state index is 10.7. The van der Waals surface area contributed by atoms with Gasteiger partial charge in [0.05, 0.1) is 8.51 Å². The summed E-state index contributed by atoms with van der Waals surface area (Å²) in [5, 5.41) is 0. The van der Waals surface area contributed by atoms with Gasteiger partial charge in [-0.15, -0.1) is 4.26 Å². The number of nitrogens with zero attached hydrogens (tertiary/aromatic N) is 2. The average molecular weight is 287 g/mol. The summed E-state index contributed by atoms with van der Waals surface area (Å²) in [6.07, 6.45) is 1.36. The van der Waals surface area contributed by atoms with Crippen molar-refractivity contribution in [2.75, 3.05) is 0 Å². The van der Waals surface area contributed by atoms with Crippen LogP contribution in [0.25, 0.3) is 0 Å². The number of hydrogen-bond donors (Lipinski definition) is 1. The van der Waals surface area contributed by atoms with E-state index in [0.29, 0.717) is 46.5 Å². The standard InChI is InChI=1S/C8H8N3O3P3/c12-4-6-1-7(5-13)3-8(2-6)14-11-16-9-15-10-17-11/h1-5,9,15-16H. The second-order valence-corrected chi connectivity index (χ2v) is 6.55. The zero-order valence-electron chi connectivity index (χ0n) is 8.45. The molecule has 0 amide bonds. The fourth-order valence-electron chi connectivity index (χ4n) is 1.16. The lowest BCUT2D eigenvalue weighted by Gasteiger charge is -2.07. The van der Waals surface area contributed by atoms with Crippen molar-refractivity contribution in [1.82, 2.24) is 13.3 Å². The molecular formula is C8H8N3O3P3. The molecule has 1 heterocycles. The summed E-state index contributed by atoms with van der Waals surface area (Å²) >= 11 is 0. The molecule has 0 saturated heterocycles. The van der Waals surface area contributed by atoms with Crippen LogP contribution in [0.2, 0.25) is 0 Å². The van der Waals surface area contributed by atoms with Gasteiger partial charge in [0, 0.05) is 19.6 Å². The monoisotopic (exact) mass is 287 g/mol. The minimum atomic E-state index is 0.304. The first-order valence-corrected chi connectivity index (χ1v) is 7.21. The number of hydrogen-bond acceptors (Lipinski definition) is 4. The fraction of sp³-hybridized carbons (Fsp3) is 0. The molecule has 0 bridgehead atoms. The third-order valence-electron chi connectivity index (χ3n) is 1.80. The van der Waals surface area contributed by atoms with Gasteiger partial charge in [-0.3, -0.25) is 9.59 Å². The summed E-state index contributed by atoms with van der Waals surface area (Å²) < 4.78 is 8.76. The van der Waals surface area contributed by atoms with E-state index in [1.165, 1.54) is 6.07 Å². The Balaban J connectivity index is 2.32. The highest BCUT2D eigenvalue weighted by atomic mass is 31.1. The van der Waals surface area contributed by atoms with Gasteiger partial charge in [-0.05, 0) is 18.2 Å². The van der Waals surface area contributed by atoms with E-state index in [1.807, 2.05) is 0 Å². The molecule has 0 fully saturated rings. The topological polar surface area (TPSA) is 77.0 Å². The van der Waals surface area contributed by atoms with Crippen molar-refractivity contribution >= 4 is 38.1 Å². The van der Waals surface area contributed by atoms with Crippen molar-refractivity contribution in [3.8, 4) is 5.75 Å². The van der Waals surface area contributed by atoms with Crippen LogP contribution in [0, 0.1) is 0 Å². The van der Waals surface area contributed by atoms with Gasteiger partial charge in [0.25, 0.3) is 0 Å². The Kier molecular flexibility index (Phi) is 4.16. The van der Waals surface area contributed by atoms with Crippen LogP contribution in [0.15, 0.2) is 18.2 Å². The van der Waals surface area contributed by atoms with E-state index in [0.717, 1.165) is 8.51 Å². The Morgan fingerprint density at radius 3 is 2.53 bits per heavy atom. The van der Waals surface area contributed by atoms with E-state index in [4.69, 9.17) is 4.84 Å². The second kappa shape index (κ2) is 5.83. The third kappa shape index (κ3) is 3.31. The van der Waals surface area contributed by atoms with Crippen LogP contribution in [-0.2, 0) is 0 Å². The maximum absolute atomic E-state index is 10.7. The molecule has 1 aromatic heterocycles. The predicted octanol–water partition coefficient (Wildman–Crippen LogP) is 2.45. The summed E-state index contributed by atoms with van der Waals surface area (Å²) in [7, 11) is 1.41. The molecule has 0 aliphatic rings. The quantitative estimate of drug-likeness (QED) is 0.876. The van der Waals surface area contributed by atoms with Crippen LogP contribution in [0.1, 0.15) is 20.7 Å². The molecular weight excluding hydrogens is 279 g/mol. The fourth-order valence-corrected chi connectivity index (χ4v) is 4.21. The molecule has 0 aliphatic carbocycles. The summed E-state index contributed by atoms with van der Waals surface area (Å²) in [6, 6.07) is 4.67. The number of carbonyl (C=O) groups is 2. The summed E-state index contributed by atoms with van der Waals surface area (Å²) in [6.45, 7) is 0. The lowest BCUT2D eigenvalue weighted by molar-refractivity contribution is 0.112. The van der Waals surface area contributed by atoms with E-state index >= 15 is 0 Å². The molecule has 0 radical (unpaired) electrons. The lowest BCUT2D eigenvalue weighted by atomic mass is 10.1. The molecule has 0 aliphatic heterocycles. The van der Waals surface area contributed by atoms with Crippen molar-refractivity contribution in [3.63, 3.8) is 0 Å². The molecule has 2 unspecified atom stereocenters. The first-order valence-electron chi connectivity index (χ1n) is 4.51. The molecule has 88 valence electrons. The predicted molar refractivity (Wildman–Crippen MR) is 69.0 cm³/mol. The number of aldehydes is 2. The van der Waals surface area contributed by atoms with Crippen LogP contribution < -0.4 is 4.84 Å². The molecule has 2 rings (SSSR count). The van der Waals surface area contributed by atoms with Gasteiger partial charge in [-0.1, -0.05) is 0 Å². The van der Waals surface area contributed by atoms with Gasteiger partial charge >= 0.3 is 0 Å². The highest BCUT2D eigenvalue weighted by Gasteiger charge is 2.02. The highest BCUT2D eigenvalue weighted by molar-refractivity contribution is 7.44. The van der Waals surface area contributed by atoms with Crippen molar-refractivity contribution in [1.29, 1.82) is 0 Å². The van der Waals surface area contributed by atoms with E-state index in [-0.39, 0.29) is 0 Å². The van der Waals surface area contributed by atoms with Crippen molar-refractivity contribution in [2.24, 2.45) is 0 Å². The van der Waals surface area contributed by atoms with Gasteiger partial charge in [0.2, 0.25) is 0 Å². The van der Waals surface area contributed by atoms with Crippen molar-refractivity contribution in [3.05, 3.63) is 29.3 Å². The number of aromatic amines is 1. The number of benzene rings is 1. The zero-order chi connectivity index (χ0) is 12.1. The second-order valence-electron chi connectivity index (χ2n) is 2.97. The van der Waals surface area contributed by atoms with E-state index < -0.39 is 0 Å².